The fourth-order valence-corrected chi connectivity index (χ4v) is 2.09. The lowest BCUT2D eigenvalue weighted by Gasteiger charge is -2.13. The number of aliphatic hydroxyl groups excluding tert-OH is 1. The molecule has 0 saturated heterocycles. The quantitative estimate of drug-likeness (QED) is 0.791. The van der Waals surface area contributed by atoms with Crippen molar-refractivity contribution in [3.8, 4) is 0 Å². The molecule has 1 unspecified atom stereocenters. The van der Waals surface area contributed by atoms with Gasteiger partial charge in [-0.3, -0.25) is 0 Å². The third kappa shape index (κ3) is 3.08. The Balaban J connectivity index is 1.98. The molecule has 0 aliphatic heterocycles. The van der Waals surface area contributed by atoms with Crippen molar-refractivity contribution in [2.75, 3.05) is 0 Å². The van der Waals surface area contributed by atoms with Crippen LogP contribution in [0.4, 0.5) is 0 Å². The van der Waals surface area contributed by atoms with Crippen molar-refractivity contribution in [1.29, 1.82) is 0 Å². The van der Waals surface area contributed by atoms with Crippen LogP contribution in [0.1, 0.15) is 62.7 Å². The Morgan fingerprint density at radius 2 is 2.00 bits per heavy atom. The topological polar surface area (TPSA) is 20.2 Å². The lowest BCUT2D eigenvalue weighted by Crippen LogP contribution is -2.00. The van der Waals surface area contributed by atoms with Gasteiger partial charge >= 0.3 is 0 Å². The van der Waals surface area contributed by atoms with Gasteiger partial charge in [0.25, 0.3) is 0 Å². The first-order chi connectivity index (χ1) is 7.66. The van der Waals surface area contributed by atoms with Gasteiger partial charge in [-0.05, 0) is 48.6 Å². The highest BCUT2D eigenvalue weighted by Gasteiger charge is 2.23. The van der Waals surface area contributed by atoms with Crippen LogP contribution in [0.5, 0.6) is 0 Å². The molecule has 16 heavy (non-hydrogen) atoms. The van der Waals surface area contributed by atoms with E-state index in [0.29, 0.717) is 5.92 Å². The number of benzene rings is 1. The molecule has 0 radical (unpaired) electrons. The van der Waals surface area contributed by atoms with E-state index in [2.05, 4.69) is 38.1 Å². The summed E-state index contributed by atoms with van der Waals surface area (Å²) in [7, 11) is 0. The average Bonchev–Trinajstić information content (AvgIpc) is 3.10. The Hall–Kier alpha value is -0.820. The standard InChI is InChI=1S/C15H22O/c1-11(2)6-9-15(16)14-5-3-4-13(10-14)12-7-8-12/h3-5,10-12,15-16H,6-9H2,1-2H3. The van der Waals surface area contributed by atoms with Gasteiger partial charge < -0.3 is 5.11 Å². The van der Waals surface area contributed by atoms with Crippen LogP contribution in [0.2, 0.25) is 0 Å². The van der Waals surface area contributed by atoms with E-state index in [0.717, 1.165) is 24.3 Å². The van der Waals surface area contributed by atoms with Crippen molar-refractivity contribution in [3.63, 3.8) is 0 Å². The number of rotatable bonds is 5. The van der Waals surface area contributed by atoms with Crippen molar-refractivity contribution in [2.24, 2.45) is 5.92 Å². The first-order valence-corrected chi connectivity index (χ1v) is 6.44. The number of aliphatic hydroxyl groups is 1. The minimum atomic E-state index is -0.277. The second kappa shape index (κ2) is 5.01. The van der Waals surface area contributed by atoms with Crippen LogP contribution >= 0.6 is 0 Å². The summed E-state index contributed by atoms with van der Waals surface area (Å²) >= 11 is 0. The van der Waals surface area contributed by atoms with Crippen LogP contribution in [0, 0.1) is 5.92 Å². The Morgan fingerprint density at radius 1 is 1.25 bits per heavy atom. The molecule has 88 valence electrons. The molecule has 1 N–H and O–H groups in total. The minimum absolute atomic E-state index is 0.277. The Morgan fingerprint density at radius 3 is 2.62 bits per heavy atom. The van der Waals surface area contributed by atoms with Gasteiger partial charge in [-0.1, -0.05) is 38.1 Å². The molecule has 1 aromatic rings. The zero-order valence-corrected chi connectivity index (χ0v) is 10.3. The van der Waals surface area contributed by atoms with Crippen LogP contribution in [-0.2, 0) is 0 Å². The maximum absolute atomic E-state index is 10.1. The third-order valence-corrected chi connectivity index (χ3v) is 3.36. The molecule has 1 aliphatic rings. The van der Waals surface area contributed by atoms with E-state index < -0.39 is 0 Å². The summed E-state index contributed by atoms with van der Waals surface area (Å²) in [6, 6.07) is 8.53. The summed E-state index contributed by atoms with van der Waals surface area (Å²) in [6.07, 6.45) is 4.35. The van der Waals surface area contributed by atoms with Gasteiger partial charge in [-0.25, -0.2) is 0 Å². The van der Waals surface area contributed by atoms with E-state index >= 15 is 0 Å². The lowest BCUT2D eigenvalue weighted by atomic mass is 9.98. The maximum Gasteiger partial charge on any atom is 0.0790 e. The van der Waals surface area contributed by atoms with Crippen LogP contribution in [0.3, 0.4) is 0 Å². The highest BCUT2D eigenvalue weighted by molar-refractivity contribution is 5.30. The summed E-state index contributed by atoms with van der Waals surface area (Å²) in [5.41, 5.74) is 2.52. The molecule has 1 aromatic carbocycles. The van der Waals surface area contributed by atoms with Crippen LogP contribution in [-0.4, -0.2) is 5.11 Å². The van der Waals surface area contributed by atoms with E-state index in [1.165, 1.54) is 18.4 Å². The van der Waals surface area contributed by atoms with Gasteiger partial charge in [0.05, 0.1) is 6.10 Å². The maximum atomic E-state index is 10.1. The molecule has 1 aliphatic carbocycles. The van der Waals surface area contributed by atoms with Crippen molar-refractivity contribution < 1.29 is 5.11 Å². The van der Waals surface area contributed by atoms with E-state index in [4.69, 9.17) is 0 Å². The molecule has 0 amide bonds. The first-order valence-electron chi connectivity index (χ1n) is 6.44. The van der Waals surface area contributed by atoms with Gasteiger partial charge in [0.15, 0.2) is 0 Å². The summed E-state index contributed by atoms with van der Waals surface area (Å²) < 4.78 is 0. The van der Waals surface area contributed by atoms with Gasteiger partial charge in [0.2, 0.25) is 0 Å². The molecule has 1 fully saturated rings. The third-order valence-electron chi connectivity index (χ3n) is 3.36. The Kier molecular flexibility index (Phi) is 3.65. The Labute approximate surface area is 98.5 Å². The van der Waals surface area contributed by atoms with Crippen molar-refractivity contribution in [1.82, 2.24) is 0 Å². The average molecular weight is 218 g/mol. The predicted molar refractivity (Wildman–Crippen MR) is 67.4 cm³/mol. The minimum Gasteiger partial charge on any atom is -0.388 e. The van der Waals surface area contributed by atoms with Crippen molar-refractivity contribution >= 4 is 0 Å². The molecule has 0 heterocycles. The highest BCUT2D eigenvalue weighted by Crippen LogP contribution is 2.40. The zero-order valence-electron chi connectivity index (χ0n) is 10.3. The predicted octanol–water partition coefficient (Wildman–Crippen LogP) is 4.03. The Bertz CT molecular complexity index is 339. The molecule has 1 nitrogen and oxygen atoms in total. The number of hydrogen-bond donors (Lipinski definition) is 1. The van der Waals surface area contributed by atoms with E-state index in [9.17, 15) is 5.11 Å². The van der Waals surface area contributed by atoms with E-state index in [-0.39, 0.29) is 6.10 Å². The highest BCUT2D eigenvalue weighted by atomic mass is 16.3. The number of hydrogen-bond acceptors (Lipinski definition) is 1. The molecule has 1 saturated carbocycles. The van der Waals surface area contributed by atoms with Crippen molar-refractivity contribution in [3.05, 3.63) is 35.4 Å². The monoisotopic (exact) mass is 218 g/mol. The molecule has 1 atom stereocenters. The summed E-state index contributed by atoms with van der Waals surface area (Å²) in [4.78, 5) is 0. The lowest BCUT2D eigenvalue weighted by molar-refractivity contribution is 0.159. The molecule has 0 spiro atoms. The van der Waals surface area contributed by atoms with Gasteiger partial charge in [-0.15, -0.1) is 0 Å². The molecule has 2 rings (SSSR count). The second-order valence-electron chi connectivity index (χ2n) is 5.43. The van der Waals surface area contributed by atoms with Crippen LogP contribution in [0.25, 0.3) is 0 Å². The molecular formula is C15H22O. The fraction of sp³-hybridized carbons (Fsp3) is 0.600. The van der Waals surface area contributed by atoms with Crippen molar-refractivity contribution in [2.45, 2.75) is 51.6 Å². The largest absolute Gasteiger partial charge is 0.388 e. The summed E-state index contributed by atoms with van der Waals surface area (Å²) in [5.74, 6) is 1.44. The smallest absolute Gasteiger partial charge is 0.0790 e. The van der Waals surface area contributed by atoms with E-state index in [1.54, 1.807) is 0 Å². The zero-order chi connectivity index (χ0) is 11.5. The first kappa shape index (κ1) is 11.7. The van der Waals surface area contributed by atoms with E-state index in [1.807, 2.05) is 0 Å². The fourth-order valence-electron chi connectivity index (χ4n) is 2.09. The summed E-state index contributed by atoms with van der Waals surface area (Å²) in [6.45, 7) is 4.40. The summed E-state index contributed by atoms with van der Waals surface area (Å²) in [5, 5.41) is 10.1. The normalized spacial score (nSPS) is 17.8. The molecular weight excluding hydrogens is 196 g/mol. The molecule has 0 aromatic heterocycles. The van der Waals surface area contributed by atoms with Crippen LogP contribution in [0.15, 0.2) is 24.3 Å². The van der Waals surface area contributed by atoms with Gasteiger partial charge in [0.1, 0.15) is 0 Å². The second-order valence-corrected chi connectivity index (χ2v) is 5.43. The molecule has 1 heteroatoms. The van der Waals surface area contributed by atoms with Gasteiger partial charge in [0, 0.05) is 0 Å². The molecule has 0 bridgehead atoms. The van der Waals surface area contributed by atoms with Gasteiger partial charge in [-0.2, -0.15) is 0 Å². The SMILES string of the molecule is CC(C)CCC(O)c1cccc(C2CC2)c1. The van der Waals surface area contributed by atoms with Crippen LogP contribution < -0.4 is 0 Å².